The Morgan fingerprint density at radius 1 is 1.14 bits per heavy atom. The zero-order valence-electron chi connectivity index (χ0n) is 16.0. The molecule has 8 heteroatoms. The number of hydrogen-bond acceptors (Lipinski definition) is 5. The number of allylic oxidation sites excluding steroid dienone is 2. The molecule has 1 saturated heterocycles. The first-order chi connectivity index (χ1) is 14.0. The number of benzene rings is 1. The number of carboxylic acids is 1. The molecule has 0 bridgehead atoms. The van der Waals surface area contributed by atoms with Gasteiger partial charge < -0.3 is 10.4 Å². The Morgan fingerprint density at radius 3 is 2.62 bits per heavy atom. The lowest BCUT2D eigenvalue weighted by Crippen LogP contribution is -2.29. The van der Waals surface area contributed by atoms with E-state index in [4.69, 9.17) is 17.3 Å². The van der Waals surface area contributed by atoms with Crippen LogP contribution in [0.2, 0.25) is 0 Å². The minimum absolute atomic E-state index is 0.0751. The molecule has 0 radical (unpaired) electrons. The number of nitrogens with one attached hydrogen (secondary N) is 1. The third kappa shape index (κ3) is 8.21. The van der Waals surface area contributed by atoms with Crippen molar-refractivity contribution in [3.8, 4) is 0 Å². The molecular weight excluding hydrogens is 408 g/mol. The summed E-state index contributed by atoms with van der Waals surface area (Å²) >= 11 is 6.62. The van der Waals surface area contributed by atoms with Crippen LogP contribution in [0.1, 0.15) is 37.7 Å². The second-order valence-electron chi connectivity index (χ2n) is 6.43. The number of unbranched alkanes of at least 4 members (excludes halogenated alkanes) is 2. The summed E-state index contributed by atoms with van der Waals surface area (Å²) in [7, 11) is 0. The van der Waals surface area contributed by atoms with E-state index in [2.05, 4.69) is 5.32 Å². The van der Waals surface area contributed by atoms with Crippen molar-refractivity contribution < 1.29 is 19.5 Å². The van der Waals surface area contributed by atoms with E-state index in [1.807, 2.05) is 42.5 Å². The van der Waals surface area contributed by atoms with Crippen molar-refractivity contribution >= 4 is 52.2 Å². The highest BCUT2D eigenvalue weighted by atomic mass is 32.2. The van der Waals surface area contributed by atoms with E-state index < -0.39 is 5.97 Å². The van der Waals surface area contributed by atoms with Gasteiger partial charge in [0.15, 0.2) is 0 Å². The zero-order valence-corrected chi connectivity index (χ0v) is 17.6. The largest absolute Gasteiger partial charge is 0.481 e. The van der Waals surface area contributed by atoms with Gasteiger partial charge in [-0.05, 0) is 24.5 Å². The third-order valence-corrected chi connectivity index (χ3v) is 5.55. The fraction of sp³-hybridized carbons (Fsp3) is 0.333. The second-order valence-corrected chi connectivity index (χ2v) is 8.11. The van der Waals surface area contributed by atoms with Crippen LogP contribution in [0.25, 0.3) is 6.08 Å². The molecule has 154 valence electrons. The summed E-state index contributed by atoms with van der Waals surface area (Å²) in [5.74, 6) is -1.16. The number of nitrogens with zero attached hydrogens (tertiary/aromatic N) is 1. The van der Waals surface area contributed by atoms with Crippen LogP contribution >= 0.6 is 24.0 Å². The normalized spacial score (nSPS) is 15.4. The quantitative estimate of drug-likeness (QED) is 0.316. The van der Waals surface area contributed by atoms with Crippen LogP contribution in [0.15, 0.2) is 47.4 Å². The van der Waals surface area contributed by atoms with E-state index in [0.29, 0.717) is 28.6 Å². The molecule has 1 aromatic carbocycles. The van der Waals surface area contributed by atoms with Crippen LogP contribution in [0.3, 0.4) is 0 Å². The van der Waals surface area contributed by atoms with Gasteiger partial charge in [-0.15, -0.1) is 0 Å². The van der Waals surface area contributed by atoms with E-state index in [1.165, 1.54) is 11.8 Å². The number of carboxylic acid groups (broad SMARTS) is 1. The summed E-state index contributed by atoms with van der Waals surface area (Å²) in [6.45, 7) is 0.681. The average Bonchev–Trinajstić information content (AvgIpc) is 2.95. The Bertz CT molecular complexity index is 806. The summed E-state index contributed by atoms with van der Waals surface area (Å²) in [5.41, 5.74) is 1.06. The van der Waals surface area contributed by atoms with Crippen LogP contribution in [0.4, 0.5) is 0 Å². The van der Waals surface area contributed by atoms with Crippen molar-refractivity contribution in [2.75, 3.05) is 13.1 Å². The van der Waals surface area contributed by atoms with Crippen LogP contribution in [0.5, 0.6) is 0 Å². The molecule has 1 aliphatic heterocycles. The summed E-state index contributed by atoms with van der Waals surface area (Å²) in [6.07, 6.45) is 8.07. The van der Waals surface area contributed by atoms with E-state index in [9.17, 15) is 14.4 Å². The highest BCUT2D eigenvalue weighted by Crippen LogP contribution is 2.31. The number of carbonyl (C=O) groups is 3. The van der Waals surface area contributed by atoms with Crippen molar-refractivity contribution in [2.24, 2.45) is 0 Å². The molecule has 0 unspecified atom stereocenters. The second kappa shape index (κ2) is 12.2. The lowest BCUT2D eigenvalue weighted by atomic mass is 10.2. The predicted octanol–water partition coefficient (Wildman–Crippen LogP) is 3.60. The van der Waals surface area contributed by atoms with Crippen molar-refractivity contribution in [1.82, 2.24) is 10.2 Å². The Hall–Kier alpha value is -2.45. The third-order valence-electron chi connectivity index (χ3n) is 4.16. The lowest BCUT2D eigenvalue weighted by Gasteiger charge is -2.13. The van der Waals surface area contributed by atoms with Crippen molar-refractivity contribution in [3.05, 3.63) is 53.0 Å². The number of amides is 2. The van der Waals surface area contributed by atoms with Gasteiger partial charge in [0, 0.05) is 19.5 Å². The molecule has 0 aliphatic carbocycles. The van der Waals surface area contributed by atoms with Gasteiger partial charge in [-0.2, -0.15) is 0 Å². The maximum Gasteiger partial charge on any atom is 0.305 e. The zero-order chi connectivity index (χ0) is 21.1. The minimum atomic E-state index is -0.932. The highest BCUT2D eigenvalue weighted by molar-refractivity contribution is 8.26. The molecule has 29 heavy (non-hydrogen) atoms. The van der Waals surface area contributed by atoms with Crippen LogP contribution in [-0.2, 0) is 14.4 Å². The van der Waals surface area contributed by atoms with Gasteiger partial charge in [-0.3, -0.25) is 19.3 Å². The fourth-order valence-corrected chi connectivity index (χ4v) is 3.91. The number of thioether (sulfide) groups is 1. The number of carbonyl (C=O) groups excluding carboxylic acids is 2. The molecule has 6 nitrogen and oxygen atoms in total. The molecule has 2 N–H and O–H groups in total. The van der Waals surface area contributed by atoms with E-state index in [1.54, 1.807) is 11.0 Å². The maximum atomic E-state index is 12.5. The van der Waals surface area contributed by atoms with Gasteiger partial charge in [0.25, 0.3) is 5.91 Å². The number of rotatable bonds is 11. The van der Waals surface area contributed by atoms with Crippen LogP contribution in [0, 0.1) is 0 Å². The molecular formula is C21H24N2O4S2. The molecule has 0 atom stereocenters. The SMILES string of the molecule is O=C(O)CCNC(=O)CCCCCN1C(=O)/C(=C/C=C/c2ccccc2)SC1=S. The molecule has 0 aromatic heterocycles. The highest BCUT2D eigenvalue weighted by Gasteiger charge is 2.30. The molecule has 1 aliphatic rings. The van der Waals surface area contributed by atoms with Gasteiger partial charge in [0.1, 0.15) is 4.32 Å². The van der Waals surface area contributed by atoms with Crippen LogP contribution in [-0.4, -0.2) is 45.2 Å². The van der Waals surface area contributed by atoms with Gasteiger partial charge >= 0.3 is 5.97 Å². The molecule has 1 fully saturated rings. The van der Waals surface area contributed by atoms with E-state index in [0.717, 1.165) is 18.4 Å². The lowest BCUT2D eigenvalue weighted by molar-refractivity contribution is -0.137. The van der Waals surface area contributed by atoms with Crippen molar-refractivity contribution in [2.45, 2.75) is 32.1 Å². The number of thiocarbonyl (C=S) groups is 1. The summed E-state index contributed by atoms with van der Waals surface area (Å²) < 4.78 is 0.556. The maximum absolute atomic E-state index is 12.5. The average molecular weight is 433 g/mol. The number of hydrogen-bond donors (Lipinski definition) is 2. The predicted molar refractivity (Wildman–Crippen MR) is 119 cm³/mol. The first-order valence-electron chi connectivity index (χ1n) is 9.43. The van der Waals surface area contributed by atoms with Crippen molar-refractivity contribution in [3.63, 3.8) is 0 Å². The molecule has 0 saturated carbocycles. The smallest absolute Gasteiger partial charge is 0.305 e. The Labute approximate surface area is 180 Å². The minimum Gasteiger partial charge on any atom is -0.481 e. The summed E-state index contributed by atoms with van der Waals surface area (Å²) in [6, 6.07) is 9.84. The van der Waals surface area contributed by atoms with Gasteiger partial charge in [0.2, 0.25) is 5.91 Å². The fourth-order valence-electron chi connectivity index (χ4n) is 2.65. The molecule has 0 spiro atoms. The van der Waals surface area contributed by atoms with E-state index in [-0.39, 0.29) is 24.8 Å². The van der Waals surface area contributed by atoms with Gasteiger partial charge in [-0.25, -0.2) is 0 Å². The number of aliphatic carboxylic acids is 1. The van der Waals surface area contributed by atoms with E-state index >= 15 is 0 Å². The Morgan fingerprint density at radius 2 is 1.90 bits per heavy atom. The standard InChI is InChI=1S/C21H24N2O4S2/c24-18(22-14-13-19(25)26)12-5-2-6-15-23-20(27)17(29-21(23)28)11-7-10-16-8-3-1-4-9-16/h1,3-4,7-11H,2,5-6,12-15H2,(H,22,24)(H,25,26)/b10-7+,17-11-. The van der Waals surface area contributed by atoms with Crippen molar-refractivity contribution in [1.29, 1.82) is 0 Å². The summed E-state index contributed by atoms with van der Waals surface area (Å²) in [4.78, 5) is 36.7. The molecule has 2 amide bonds. The molecule has 2 rings (SSSR count). The Balaban J connectivity index is 1.69. The first kappa shape index (κ1) is 22.8. The molecule has 1 heterocycles. The first-order valence-corrected chi connectivity index (χ1v) is 10.7. The van der Waals surface area contributed by atoms with Gasteiger partial charge in [0.05, 0.1) is 11.3 Å². The monoisotopic (exact) mass is 432 g/mol. The topological polar surface area (TPSA) is 86.7 Å². The molecule has 1 aromatic rings. The van der Waals surface area contributed by atoms with Gasteiger partial charge in [-0.1, -0.05) is 72.9 Å². The Kier molecular flexibility index (Phi) is 9.59. The van der Waals surface area contributed by atoms with Crippen LogP contribution < -0.4 is 5.32 Å². The summed E-state index contributed by atoms with van der Waals surface area (Å²) in [5, 5.41) is 11.1.